The number of rotatable bonds is 4. The summed E-state index contributed by atoms with van der Waals surface area (Å²) in [6.45, 7) is 6.33. The van der Waals surface area contributed by atoms with E-state index in [2.05, 4.69) is 0 Å². The van der Waals surface area contributed by atoms with Crippen LogP contribution in [0.3, 0.4) is 0 Å². The van der Waals surface area contributed by atoms with Crippen molar-refractivity contribution in [2.24, 2.45) is 11.7 Å². The zero-order valence-electron chi connectivity index (χ0n) is 20.7. The lowest BCUT2D eigenvalue weighted by Gasteiger charge is -2.30. The third-order valence-corrected chi connectivity index (χ3v) is 7.74. The molecule has 1 saturated carbocycles. The number of para-hydroxylation sites is 1. The predicted octanol–water partition coefficient (Wildman–Crippen LogP) is 6.01. The Balaban J connectivity index is 1.70. The molecule has 1 aromatic carbocycles. The molecule has 0 radical (unpaired) electrons. The molecule has 3 heterocycles. The lowest BCUT2D eigenvalue weighted by Crippen LogP contribution is -2.28. The summed E-state index contributed by atoms with van der Waals surface area (Å²) in [5, 5.41) is 5.00. The first-order valence-corrected chi connectivity index (χ1v) is 12.6. The van der Waals surface area contributed by atoms with Crippen LogP contribution in [0, 0.1) is 12.8 Å². The van der Waals surface area contributed by atoms with Crippen molar-refractivity contribution in [3.05, 3.63) is 58.0 Å². The highest BCUT2D eigenvalue weighted by atomic mass is 19.4. The van der Waals surface area contributed by atoms with Crippen molar-refractivity contribution in [1.82, 2.24) is 14.6 Å². The summed E-state index contributed by atoms with van der Waals surface area (Å²) in [5.41, 5.74) is 10.7. The first kappa shape index (κ1) is 24.6. The van der Waals surface area contributed by atoms with Gasteiger partial charge in [0, 0.05) is 23.0 Å². The molecule has 1 aliphatic carbocycles. The third kappa shape index (κ3) is 4.12. The van der Waals surface area contributed by atoms with Gasteiger partial charge in [-0.25, -0.2) is 9.50 Å². The van der Waals surface area contributed by atoms with E-state index in [0.29, 0.717) is 42.8 Å². The Morgan fingerprint density at radius 1 is 1.14 bits per heavy atom. The van der Waals surface area contributed by atoms with E-state index in [-0.39, 0.29) is 30.6 Å². The number of amides is 1. The van der Waals surface area contributed by atoms with Crippen LogP contribution in [0.1, 0.15) is 102 Å². The molecule has 1 atom stereocenters. The lowest BCUT2D eigenvalue weighted by atomic mass is 9.80. The molecule has 9 heteroatoms. The van der Waals surface area contributed by atoms with Crippen LogP contribution in [0.5, 0.6) is 5.75 Å². The molecule has 36 heavy (non-hydrogen) atoms. The molecule has 192 valence electrons. The standard InChI is InChI=1S/C27H31F3N4O2/c1-14(2)21-22(25(31)35)23(19-12-13-36-20-7-5-4-6-18(19)20)33-34-24(15(3)32-26(21)34)16-8-10-17(11-9-16)27(28,29)30/h4-7,14,16-17,19H,8-13H2,1-3H3,(H2,31,35)/t16-,17-,19-/m0/s1. The van der Waals surface area contributed by atoms with Crippen molar-refractivity contribution < 1.29 is 22.7 Å². The number of fused-ring (bicyclic) bond motifs is 2. The van der Waals surface area contributed by atoms with Gasteiger partial charge in [-0.2, -0.15) is 18.3 Å². The fraction of sp³-hybridized carbons (Fsp3) is 0.519. The first-order chi connectivity index (χ1) is 17.1. The van der Waals surface area contributed by atoms with Crippen LogP contribution < -0.4 is 10.5 Å². The minimum Gasteiger partial charge on any atom is -0.493 e. The average Bonchev–Trinajstić information content (AvgIpc) is 3.17. The van der Waals surface area contributed by atoms with E-state index in [1.165, 1.54) is 0 Å². The number of imidazole rings is 1. The molecule has 1 amide bonds. The lowest BCUT2D eigenvalue weighted by molar-refractivity contribution is -0.182. The van der Waals surface area contributed by atoms with Crippen molar-refractivity contribution in [3.63, 3.8) is 0 Å². The smallest absolute Gasteiger partial charge is 0.391 e. The summed E-state index contributed by atoms with van der Waals surface area (Å²) in [6, 6.07) is 7.71. The number of alkyl halides is 3. The SMILES string of the molecule is Cc1nc2c(C(C)C)c(C(N)=O)c([C@H]3CCOc4ccccc43)nn2c1[C@H]1CC[C@H](C(F)(F)F)CC1. The number of aryl methyl sites for hydroxylation is 1. The largest absolute Gasteiger partial charge is 0.493 e. The minimum atomic E-state index is -4.16. The summed E-state index contributed by atoms with van der Waals surface area (Å²) in [6.07, 6.45) is -2.50. The van der Waals surface area contributed by atoms with E-state index in [9.17, 15) is 18.0 Å². The minimum absolute atomic E-state index is 0.0672. The Kier molecular flexibility index (Phi) is 6.21. The maximum atomic E-state index is 13.3. The molecule has 1 aliphatic heterocycles. The molecule has 0 bridgehead atoms. The highest BCUT2D eigenvalue weighted by Crippen LogP contribution is 2.45. The third-order valence-electron chi connectivity index (χ3n) is 7.74. The number of ether oxygens (including phenoxy) is 1. The molecular weight excluding hydrogens is 469 g/mol. The molecule has 2 aromatic heterocycles. The van der Waals surface area contributed by atoms with Crippen molar-refractivity contribution >= 4 is 11.6 Å². The topological polar surface area (TPSA) is 82.5 Å². The van der Waals surface area contributed by atoms with Crippen molar-refractivity contribution in [1.29, 1.82) is 0 Å². The number of nitrogens with zero attached hydrogens (tertiary/aromatic N) is 3. The summed E-state index contributed by atoms with van der Waals surface area (Å²) >= 11 is 0. The summed E-state index contributed by atoms with van der Waals surface area (Å²) in [7, 11) is 0. The number of primary amides is 1. The van der Waals surface area contributed by atoms with Crippen molar-refractivity contribution in [3.8, 4) is 5.75 Å². The van der Waals surface area contributed by atoms with Gasteiger partial charge in [0.2, 0.25) is 0 Å². The Bertz CT molecular complexity index is 1310. The Labute approximate surface area is 208 Å². The number of aromatic nitrogens is 3. The molecule has 0 spiro atoms. The van der Waals surface area contributed by atoms with Gasteiger partial charge in [-0.15, -0.1) is 0 Å². The van der Waals surface area contributed by atoms with Gasteiger partial charge in [-0.05, 0) is 51.0 Å². The van der Waals surface area contributed by atoms with E-state index in [0.717, 1.165) is 28.3 Å². The van der Waals surface area contributed by atoms with Crippen molar-refractivity contribution in [2.45, 2.75) is 76.8 Å². The molecular formula is C27H31F3N4O2. The fourth-order valence-corrected chi connectivity index (χ4v) is 6.05. The number of hydrogen-bond acceptors (Lipinski definition) is 4. The predicted molar refractivity (Wildman–Crippen MR) is 129 cm³/mol. The zero-order chi connectivity index (χ0) is 25.8. The van der Waals surface area contributed by atoms with Crippen molar-refractivity contribution in [2.75, 3.05) is 6.61 Å². The van der Waals surface area contributed by atoms with E-state index in [1.807, 2.05) is 45.0 Å². The number of hydrogen-bond donors (Lipinski definition) is 1. The van der Waals surface area contributed by atoms with Crippen LogP contribution in [-0.4, -0.2) is 33.3 Å². The first-order valence-electron chi connectivity index (χ1n) is 12.6. The van der Waals surface area contributed by atoms with Gasteiger partial charge in [0.1, 0.15) is 5.75 Å². The molecule has 2 N–H and O–H groups in total. The normalized spacial score (nSPS) is 22.5. The second-order valence-corrected chi connectivity index (χ2v) is 10.3. The second-order valence-electron chi connectivity index (χ2n) is 10.3. The second kappa shape index (κ2) is 9.09. The molecule has 6 nitrogen and oxygen atoms in total. The number of benzene rings is 1. The highest BCUT2D eigenvalue weighted by Gasteiger charge is 2.42. The Morgan fingerprint density at radius 3 is 2.47 bits per heavy atom. The number of carbonyl (C=O) groups is 1. The number of carbonyl (C=O) groups excluding carboxylic acids is 1. The van der Waals surface area contributed by atoms with Gasteiger partial charge in [0.15, 0.2) is 5.65 Å². The maximum absolute atomic E-state index is 13.3. The van der Waals surface area contributed by atoms with Gasteiger partial charge < -0.3 is 10.5 Å². The Morgan fingerprint density at radius 2 is 1.83 bits per heavy atom. The quantitative estimate of drug-likeness (QED) is 0.476. The molecule has 2 aliphatic rings. The molecule has 5 rings (SSSR count). The number of halogens is 3. The van der Waals surface area contributed by atoms with Crippen LogP contribution in [-0.2, 0) is 0 Å². The fourth-order valence-electron chi connectivity index (χ4n) is 6.05. The molecule has 1 fully saturated rings. The van der Waals surface area contributed by atoms with Crippen LogP contribution in [0.4, 0.5) is 13.2 Å². The van der Waals surface area contributed by atoms with E-state index in [1.54, 1.807) is 4.52 Å². The molecule has 0 saturated heterocycles. The summed E-state index contributed by atoms with van der Waals surface area (Å²) < 4.78 is 47.5. The van der Waals surface area contributed by atoms with Gasteiger partial charge in [0.05, 0.1) is 35.2 Å². The maximum Gasteiger partial charge on any atom is 0.391 e. The van der Waals surface area contributed by atoms with Gasteiger partial charge >= 0.3 is 6.18 Å². The van der Waals surface area contributed by atoms with E-state index in [4.69, 9.17) is 20.6 Å². The van der Waals surface area contributed by atoms with Gasteiger partial charge in [-0.1, -0.05) is 32.0 Å². The van der Waals surface area contributed by atoms with Crippen LogP contribution in [0.15, 0.2) is 24.3 Å². The highest BCUT2D eigenvalue weighted by molar-refractivity contribution is 5.97. The van der Waals surface area contributed by atoms with E-state index < -0.39 is 18.0 Å². The number of nitrogens with two attached hydrogens (primary N) is 1. The van der Waals surface area contributed by atoms with Gasteiger partial charge in [-0.3, -0.25) is 4.79 Å². The monoisotopic (exact) mass is 500 g/mol. The summed E-state index contributed by atoms with van der Waals surface area (Å²) in [5.74, 6) is -1.41. The zero-order valence-corrected chi connectivity index (χ0v) is 20.7. The summed E-state index contributed by atoms with van der Waals surface area (Å²) in [4.78, 5) is 17.7. The van der Waals surface area contributed by atoms with Gasteiger partial charge in [0.25, 0.3) is 5.91 Å². The average molecular weight is 501 g/mol. The van der Waals surface area contributed by atoms with E-state index >= 15 is 0 Å². The van der Waals surface area contributed by atoms with Crippen LogP contribution in [0.25, 0.3) is 5.65 Å². The molecule has 3 aromatic rings. The Hall–Kier alpha value is -3.10. The van der Waals surface area contributed by atoms with Crippen LogP contribution >= 0.6 is 0 Å². The molecule has 0 unspecified atom stereocenters. The van der Waals surface area contributed by atoms with Crippen LogP contribution in [0.2, 0.25) is 0 Å².